The van der Waals surface area contributed by atoms with E-state index in [0.29, 0.717) is 29.3 Å². The molecule has 4 rings (SSSR count). The third kappa shape index (κ3) is 4.72. The lowest BCUT2D eigenvalue weighted by Gasteiger charge is -2.09. The fourth-order valence-electron chi connectivity index (χ4n) is 2.90. The highest BCUT2D eigenvalue weighted by atomic mass is 16.5. The van der Waals surface area contributed by atoms with Crippen LogP contribution in [0.15, 0.2) is 83.7 Å². The zero-order valence-corrected chi connectivity index (χ0v) is 16.4. The molecule has 0 fully saturated rings. The number of pyridine rings is 2. The molecule has 3 heterocycles. The lowest BCUT2D eigenvalue weighted by molar-refractivity contribution is 0.0471. The first-order chi connectivity index (χ1) is 14.7. The van der Waals surface area contributed by atoms with Gasteiger partial charge in [-0.25, -0.2) is 9.78 Å². The van der Waals surface area contributed by atoms with Crippen molar-refractivity contribution in [1.82, 2.24) is 9.97 Å². The summed E-state index contributed by atoms with van der Waals surface area (Å²) in [6, 6.07) is 18.3. The van der Waals surface area contributed by atoms with Gasteiger partial charge in [-0.2, -0.15) is 0 Å². The summed E-state index contributed by atoms with van der Waals surface area (Å²) in [5.74, 6) is 0.981. The predicted molar refractivity (Wildman–Crippen MR) is 111 cm³/mol. The Morgan fingerprint density at radius 3 is 2.53 bits per heavy atom. The van der Waals surface area contributed by atoms with Crippen molar-refractivity contribution < 1.29 is 18.7 Å². The molecule has 150 valence electrons. The quantitative estimate of drug-likeness (QED) is 0.407. The highest BCUT2D eigenvalue weighted by molar-refractivity contribution is 5.90. The topological polar surface area (TPSA) is 74.5 Å². The van der Waals surface area contributed by atoms with E-state index in [1.807, 2.05) is 42.5 Å². The zero-order chi connectivity index (χ0) is 20.8. The molecule has 0 saturated carbocycles. The lowest BCUT2D eigenvalue weighted by Crippen LogP contribution is -2.08. The largest absolute Gasteiger partial charge is 0.489 e. The van der Waals surface area contributed by atoms with Crippen molar-refractivity contribution in [1.29, 1.82) is 0 Å². The molecule has 0 unspecified atom stereocenters. The molecule has 0 aliphatic carbocycles. The third-order valence-electron chi connectivity index (χ3n) is 4.50. The second-order valence-corrected chi connectivity index (χ2v) is 6.68. The Hall–Kier alpha value is -3.93. The van der Waals surface area contributed by atoms with Crippen LogP contribution in [-0.2, 0) is 18.0 Å². The van der Waals surface area contributed by atoms with Gasteiger partial charge in [0.2, 0.25) is 0 Å². The van der Waals surface area contributed by atoms with Crippen LogP contribution in [0.25, 0.3) is 11.5 Å². The molecule has 0 saturated heterocycles. The van der Waals surface area contributed by atoms with Crippen LogP contribution in [0.5, 0.6) is 5.75 Å². The molecule has 3 aromatic heterocycles. The van der Waals surface area contributed by atoms with E-state index in [9.17, 15) is 4.79 Å². The number of aryl methyl sites for hydroxylation is 1. The van der Waals surface area contributed by atoms with Gasteiger partial charge >= 0.3 is 5.97 Å². The first-order valence-corrected chi connectivity index (χ1v) is 9.48. The molecule has 0 amide bonds. The number of rotatable bonds is 7. The van der Waals surface area contributed by atoms with E-state index in [1.165, 1.54) is 0 Å². The number of esters is 1. The first-order valence-electron chi connectivity index (χ1n) is 9.48. The van der Waals surface area contributed by atoms with Crippen molar-refractivity contribution in [2.24, 2.45) is 0 Å². The number of ether oxygens (including phenoxy) is 2. The second kappa shape index (κ2) is 9.05. The fraction of sp³-hybridized carbons (Fsp3) is 0.125. The Labute approximate surface area is 174 Å². The summed E-state index contributed by atoms with van der Waals surface area (Å²) in [5, 5.41) is 0. The van der Waals surface area contributed by atoms with E-state index < -0.39 is 5.97 Å². The van der Waals surface area contributed by atoms with E-state index in [0.717, 1.165) is 16.9 Å². The van der Waals surface area contributed by atoms with E-state index in [2.05, 4.69) is 9.97 Å². The van der Waals surface area contributed by atoms with Crippen LogP contribution in [0.4, 0.5) is 0 Å². The summed E-state index contributed by atoms with van der Waals surface area (Å²) in [7, 11) is 0. The molecule has 0 aliphatic rings. The minimum Gasteiger partial charge on any atom is -0.489 e. The summed E-state index contributed by atoms with van der Waals surface area (Å²) < 4.78 is 16.5. The molecular weight excluding hydrogens is 380 g/mol. The van der Waals surface area contributed by atoms with Crippen LogP contribution in [0.3, 0.4) is 0 Å². The monoisotopic (exact) mass is 400 g/mol. The molecule has 0 bridgehead atoms. The van der Waals surface area contributed by atoms with E-state index in [1.54, 1.807) is 43.8 Å². The van der Waals surface area contributed by atoms with Gasteiger partial charge in [-0.15, -0.1) is 0 Å². The van der Waals surface area contributed by atoms with Gasteiger partial charge in [-0.3, -0.25) is 4.98 Å². The molecule has 0 aliphatic heterocycles. The summed E-state index contributed by atoms with van der Waals surface area (Å²) >= 11 is 0. The standard InChI is InChI=1S/C24H20N2O4/c1-17-21(10-11-22(26-17)23-5-3-13-28-23)24(27)30-15-18-6-8-20(9-7-18)29-16-19-4-2-12-25-14-19/h2-14H,15-16H2,1H3. The number of hydrogen-bond donors (Lipinski definition) is 0. The Balaban J connectivity index is 1.32. The predicted octanol–water partition coefficient (Wildman–Crippen LogP) is 4.98. The van der Waals surface area contributed by atoms with Gasteiger partial charge in [0, 0.05) is 18.0 Å². The Morgan fingerprint density at radius 1 is 0.967 bits per heavy atom. The van der Waals surface area contributed by atoms with Crippen molar-refractivity contribution in [3.63, 3.8) is 0 Å². The number of carbonyl (C=O) groups is 1. The molecule has 4 aromatic rings. The molecule has 0 spiro atoms. The van der Waals surface area contributed by atoms with Gasteiger partial charge in [0.1, 0.15) is 24.7 Å². The molecule has 30 heavy (non-hydrogen) atoms. The number of aromatic nitrogens is 2. The van der Waals surface area contributed by atoms with Gasteiger partial charge in [0.05, 0.1) is 17.5 Å². The summed E-state index contributed by atoms with van der Waals surface area (Å²) in [4.78, 5) is 20.9. The van der Waals surface area contributed by atoms with Crippen LogP contribution in [0.1, 0.15) is 27.2 Å². The molecule has 6 heteroatoms. The summed E-state index contributed by atoms with van der Waals surface area (Å²) in [6.07, 6.45) is 5.08. The number of benzene rings is 1. The number of carbonyl (C=O) groups excluding carboxylic acids is 1. The van der Waals surface area contributed by atoms with E-state index in [4.69, 9.17) is 13.9 Å². The number of hydrogen-bond acceptors (Lipinski definition) is 6. The maximum atomic E-state index is 12.4. The molecule has 0 atom stereocenters. The Kier molecular flexibility index (Phi) is 5.85. The normalized spacial score (nSPS) is 10.6. The van der Waals surface area contributed by atoms with Gasteiger partial charge in [-0.1, -0.05) is 18.2 Å². The van der Waals surface area contributed by atoms with Crippen molar-refractivity contribution in [2.75, 3.05) is 0 Å². The second-order valence-electron chi connectivity index (χ2n) is 6.68. The van der Waals surface area contributed by atoms with Gasteiger partial charge in [0.15, 0.2) is 5.76 Å². The van der Waals surface area contributed by atoms with Crippen LogP contribution >= 0.6 is 0 Å². The van der Waals surface area contributed by atoms with Gasteiger partial charge < -0.3 is 13.9 Å². The van der Waals surface area contributed by atoms with Crippen molar-refractivity contribution in [3.05, 3.63) is 102 Å². The average molecular weight is 400 g/mol. The lowest BCUT2D eigenvalue weighted by atomic mass is 10.1. The fourth-order valence-corrected chi connectivity index (χ4v) is 2.90. The highest BCUT2D eigenvalue weighted by Gasteiger charge is 2.14. The average Bonchev–Trinajstić information content (AvgIpc) is 3.32. The molecule has 0 N–H and O–H groups in total. The number of nitrogens with zero attached hydrogens (tertiary/aromatic N) is 2. The summed E-state index contributed by atoms with van der Waals surface area (Å²) in [6.45, 7) is 2.39. The maximum Gasteiger partial charge on any atom is 0.340 e. The molecule has 6 nitrogen and oxygen atoms in total. The van der Waals surface area contributed by atoms with Crippen LogP contribution in [0.2, 0.25) is 0 Å². The molecular formula is C24H20N2O4. The number of furan rings is 1. The van der Waals surface area contributed by atoms with E-state index in [-0.39, 0.29) is 6.61 Å². The molecule has 1 aromatic carbocycles. The minimum atomic E-state index is -0.414. The third-order valence-corrected chi connectivity index (χ3v) is 4.50. The Morgan fingerprint density at radius 2 is 1.83 bits per heavy atom. The maximum absolute atomic E-state index is 12.4. The van der Waals surface area contributed by atoms with E-state index >= 15 is 0 Å². The molecule has 0 radical (unpaired) electrons. The minimum absolute atomic E-state index is 0.168. The van der Waals surface area contributed by atoms with Gasteiger partial charge in [-0.05, 0) is 55.0 Å². The van der Waals surface area contributed by atoms with Gasteiger partial charge in [0.25, 0.3) is 0 Å². The Bertz CT molecular complexity index is 1110. The van der Waals surface area contributed by atoms with Crippen molar-refractivity contribution in [3.8, 4) is 17.2 Å². The zero-order valence-electron chi connectivity index (χ0n) is 16.4. The summed E-state index contributed by atoms with van der Waals surface area (Å²) in [5.41, 5.74) is 3.57. The van der Waals surface area contributed by atoms with Crippen LogP contribution in [0, 0.1) is 6.92 Å². The van der Waals surface area contributed by atoms with Crippen LogP contribution < -0.4 is 4.74 Å². The smallest absolute Gasteiger partial charge is 0.340 e. The van der Waals surface area contributed by atoms with Crippen molar-refractivity contribution >= 4 is 5.97 Å². The van der Waals surface area contributed by atoms with Crippen LogP contribution in [-0.4, -0.2) is 15.9 Å². The SMILES string of the molecule is Cc1nc(-c2ccco2)ccc1C(=O)OCc1ccc(OCc2cccnc2)cc1. The van der Waals surface area contributed by atoms with Crippen molar-refractivity contribution in [2.45, 2.75) is 20.1 Å². The highest BCUT2D eigenvalue weighted by Crippen LogP contribution is 2.20. The first kappa shape index (κ1) is 19.4.